The molecule has 1 aliphatic heterocycles. The zero-order chi connectivity index (χ0) is 22.8. The van der Waals surface area contributed by atoms with Gasteiger partial charge in [0.15, 0.2) is 23.0 Å². The number of allylic oxidation sites excluding steroid dienone is 4. The van der Waals surface area contributed by atoms with E-state index in [1.165, 1.54) is 0 Å². The van der Waals surface area contributed by atoms with Crippen molar-refractivity contribution >= 4 is 17.5 Å². The molecule has 3 saturated carbocycles. The second-order valence-electron chi connectivity index (χ2n) is 10.2. The second kappa shape index (κ2) is 7.38. The minimum Gasteiger partial charge on any atom is -0.475 e. The highest BCUT2D eigenvalue weighted by Gasteiger charge is 2.74. The van der Waals surface area contributed by atoms with Crippen LogP contribution < -0.4 is 0 Å². The summed E-state index contributed by atoms with van der Waals surface area (Å²) in [4.78, 5) is 30.1. The van der Waals surface area contributed by atoms with Gasteiger partial charge >= 0.3 is 0 Å². The molecule has 0 amide bonds. The third-order valence-electron chi connectivity index (χ3n) is 9.08. The molecule has 6 heteroatoms. The molecule has 0 bridgehead atoms. The van der Waals surface area contributed by atoms with Gasteiger partial charge in [-0.25, -0.2) is 4.99 Å². The average molecular weight is 430 g/mol. The Hall–Kier alpha value is -1.79. The predicted molar refractivity (Wildman–Crippen MR) is 118 cm³/mol. The van der Waals surface area contributed by atoms with Crippen LogP contribution in [-0.4, -0.2) is 52.5 Å². The van der Waals surface area contributed by atoms with Crippen LogP contribution in [0.2, 0.25) is 0 Å². The minimum atomic E-state index is -0.863. The van der Waals surface area contributed by atoms with Gasteiger partial charge in [0.1, 0.15) is 6.10 Å². The highest BCUT2D eigenvalue weighted by molar-refractivity contribution is 6.01. The lowest BCUT2D eigenvalue weighted by atomic mass is 9.46. The first-order valence-corrected chi connectivity index (χ1v) is 11.5. The van der Waals surface area contributed by atoms with Crippen molar-refractivity contribution in [2.45, 2.75) is 77.5 Å². The molecule has 0 aromatic rings. The Labute approximate surface area is 184 Å². The Morgan fingerprint density at radius 3 is 2.71 bits per heavy atom. The van der Waals surface area contributed by atoms with Crippen molar-refractivity contribution in [1.29, 1.82) is 0 Å². The molecule has 6 nitrogen and oxygen atoms in total. The Morgan fingerprint density at radius 2 is 2.03 bits per heavy atom. The molecule has 2 N–H and O–H groups in total. The lowest BCUT2D eigenvalue weighted by molar-refractivity contribution is -0.143. The van der Waals surface area contributed by atoms with Gasteiger partial charge in [-0.2, -0.15) is 0 Å². The molecule has 0 aromatic carbocycles. The van der Waals surface area contributed by atoms with Crippen LogP contribution in [0.1, 0.15) is 59.8 Å². The molecule has 0 spiro atoms. The summed E-state index contributed by atoms with van der Waals surface area (Å²) in [5.41, 5.74) is -0.416. The number of hydrogen-bond acceptors (Lipinski definition) is 6. The number of ether oxygens (including phenoxy) is 1. The summed E-state index contributed by atoms with van der Waals surface area (Å²) in [6, 6.07) is 0. The molecular formula is C25H35NO5. The van der Waals surface area contributed by atoms with Crippen molar-refractivity contribution in [1.82, 2.24) is 0 Å². The SMILES string of the molecule is CCC(=O)[C@@]12N=C(C)O[C@@H]1C[C@H]1[C@@H]3CCC4=CC(=O)C=C[C@]4(C)[C@H]3[C@@H](O)C[C@@]12C.CO. The Bertz CT molecular complexity index is 890. The van der Waals surface area contributed by atoms with Gasteiger partial charge in [0.2, 0.25) is 0 Å². The fourth-order valence-electron chi connectivity index (χ4n) is 7.96. The zero-order valence-electron chi connectivity index (χ0n) is 19.2. The number of aliphatic hydroxyl groups is 2. The first kappa shape index (κ1) is 22.4. The number of rotatable bonds is 2. The lowest BCUT2D eigenvalue weighted by Gasteiger charge is -2.59. The van der Waals surface area contributed by atoms with Crippen LogP contribution in [0.25, 0.3) is 0 Å². The fraction of sp³-hybridized carbons (Fsp3) is 0.720. The van der Waals surface area contributed by atoms with Crippen molar-refractivity contribution in [2.24, 2.45) is 33.6 Å². The van der Waals surface area contributed by atoms with Gasteiger partial charge in [-0.05, 0) is 49.7 Å². The van der Waals surface area contributed by atoms with E-state index in [2.05, 4.69) is 13.8 Å². The third-order valence-corrected chi connectivity index (χ3v) is 9.08. The van der Waals surface area contributed by atoms with Gasteiger partial charge in [-0.1, -0.05) is 32.4 Å². The lowest BCUT2D eigenvalue weighted by Crippen LogP contribution is -2.61. The molecule has 0 aromatic heterocycles. The van der Waals surface area contributed by atoms with Crippen molar-refractivity contribution < 1.29 is 24.5 Å². The minimum absolute atomic E-state index is 0.0483. The highest BCUT2D eigenvalue weighted by atomic mass is 16.5. The van der Waals surface area contributed by atoms with Gasteiger partial charge in [-0.3, -0.25) is 9.59 Å². The van der Waals surface area contributed by atoms with Gasteiger partial charge < -0.3 is 14.9 Å². The van der Waals surface area contributed by atoms with E-state index in [0.717, 1.165) is 31.9 Å². The Kier molecular flexibility index (Phi) is 5.33. The fourth-order valence-corrected chi connectivity index (χ4v) is 7.96. The molecule has 8 atom stereocenters. The summed E-state index contributed by atoms with van der Waals surface area (Å²) in [6.45, 7) is 8.08. The number of aliphatic hydroxyl groups excluding tert-OH is 2. The summed E-state index contributed by atoms with van der Waals surface area (Å²) < 4.78 is 6.11. The van der Waals surface area contributed by atoms with Crippen molar-refractivity contribution in [3.05, 3.63) is 23.8 Å². The molecule has 170 valence electrons. The van der Waals surface area contributed by atoms with E-state index in [9.17, 15) is 14.7 Å². The summed E-state index contributed by atoms with van der Waals surface area (Å²) in [5, 5.41) is 18.5. The van der Waals surface area contributed by atoms with Crippen LogP contribution in [0.3, 0.4) is 0 Å². The molecule has 0 saturated heterocycles. The monoisotopic (exact) mass is 429 g/mol. The van der Waals surface area contributed by atoms with Gasteiger partial charge in [-0.15, -0.1) is 0 Å². The van der Waals surface area contributed by atoms with Crippen LogP contribution in [0.15, 0.2) is 28.8 Å². The maximum atomic E-state index is 13.3. The molecule has 1 heterocycles. The maximum Gasteiger partial charge on any atom is 0.181 e. The molecule has 4 aliphatic carbocycles. The van der Waals surface area contributed by atoms with E-state index in [0.29, 0.717) is 18.7 Å². The summed E-state index contributed by atoms with van der Waals surface area (Å²) in [5.74, 6) is 1.41. The van der Waals surface area contributed by atoms with Crippen LogP contribution in [-0.2, 0) is 14.3 Å². The van der Waals surface area contributed by atoms with E-state index in [1.54, 1.807) is 12.2 Å². The quantitative estimate of drug-likeness (QED) is 0.703. The molecule has 0 radical (unpaired) electrons. The zero-order valence-corrected chi connectivity index (χ0v) is 19.2. The standard InChI is InChI=1S/C24H31NO4.CH4O/c1-5-19(28)24-20(29-13(2)25-24)11-17-16-7-6-14-10-15(26)8-9-22(14,3)21(16)18(27)12-23(17,24)4;1-2/h8-10,16-18,20-21,27H,5-7,11-12H2,1-4H3;2H,1H3/t16-,17-,18-,20+,21+,22-,23-,24+;/m0./s1. The van der Waals surface area contributed by atoms with Crippen LogP contribution >= 0.6 is 0 Å². The number of fused-ring (bicyclic) bond motifs is 7. The first-order valence-electron chi connectivity index (χ1n) is 11.5. The smallest absolute Gasteiger partial charge is 0.181 e. The van der Waals surface area contributed by atoms with Gasteiger partial charge in [0.05, 0.1) is 6.10 Å². The van der Waals surface area contributed by atoms with Gasteiger partial charge in [0.25, 0.3) is 0 Å². The number of carbonyl (C=O) groups is 2. The summed E-state index contributed by atoms with van der Waals surface area (Å²) in [7, 11) is 1.00. The highest BCUT2D eigenvalue weighted by Crippen LogP contribution is 2.69. The third kappa shape index (κ3) is 2.73. The first-order chi connectivity index (χ1) is 14.7. The molecule has 5 aliphatic rings. The number of hydrogen-bond donors (Lipinski definition) is 2. The van der Waals surface area contributed by atoms with Crippen molar-refractivity contribution in [2.75, 3.05) is 7.11 Å². The van der Waals surface area contributed by atoms with Crippen molar-refractivity contribution in [3.63, 3.8) is 0 Å². The van der Waals surface area contributed by atoms with Gasteiger partial charge in [0, 0.05) is 37.2 Å². The van der Waals surface area contributed by atoms with E-state index < -0.39 is 17.1 Å². The number of ketones is 2. The largest absolute Gasteiger partial charge is 0.475 e. The summed E-state index contributed by atoms with van der Waals surface area (Å²) in [6.07, 6.45) is 8.31. The number of carbonyl (C=O) groups excluding carboxylic acids is 2. The Morgan fingerprint density at radius 1 is 1.32 bits per heavy atom. The molecule has 5 rings (SSSR count). The van der Waals surface area contributed by atoms with Crippen molar-refractivity contribution in [3.8, 4) is 0 Å². The summed E-state index contributed by atoms with van der Waals surface area (Å²) >= 11 is 0. The number of Topliss-reactive ketones (excluding diaryl/α,β-unsaturated/α-hetero) is 1. The number of nitrogens with zero attached hydrogens (tertiary/aromatic N) is 1. The molecule has 0 unspecified atom stereocenters. The molecule has 31 heavy (non-hydrogen) atoms. The van der Waals surface area contributed by atoms with E-state index in [-0.39, 0.29) is 40.8 Å². The topological polar surface area (TPSA) is 96.2 Å². The van der Waals surface area contributed by atoms with E-state index in [1.807, 2.05) is 19.9 Å². The van der Waals surface area contributed by atoms with E-state index in [4.69, 9.17) is 14.8 Å². The van der Waals surface area contributed by atoms with Crippen LogP contribution in [0.5, 0.6) is 0 Å². The molecule has 3 fully saturated rings. The average Bonchev–Trinajstić information content (AvgIpc) is 3.19. The number of aliphatic imine (C=N–C) groups is 1. The maximum absolute atomic E-state index is 13.3. The Balaban J connectivity index is 0.00000112. The predicted octanol–water partition coefficient (Wildman–Crippen LogP) is 3.02. The van der Waals surface area contributed by atoms with E-state index >= 15 is 0 Å². The van der Waals surface area contributed by atoms with Crippen LogP contribution in [0.4, 0.5) is 0 Å². The second-order valence-corrected chi connectivity index (χ2v) is 10.2. The molecular weight excluding hydrogens is 394 g/mol. The normalized spacial score (nSPS) is 46.9. The van der Waals surface area contributed by atoms with Crippen LogP contribution in [0, 0.1) is 28.6 Å².